The highest BCUT2D eigenvalue weighted by atomic mass is 19.4. The Hall–Kier alpha value is -4.40. The van der Waals surface area contributed by atoms with Crippen LogP contribution in [0.2, 0.25) is 0 Å². The molecule has 1 aromatic heterocycles. The van der Waals surface area contributed by atoms with E-state index in [0.29, 0.717) is 15.5 Å². The Kier molecular flexibility index (Phi) is 6.93. The van der Waals surface area contributed by atoms with Crippen molar-refractivity contribution in [2.45, 2.75) is 44.9 Å². The number of fused-ring (bicyclic) bond motifs is 1. The quantitative estimate of drug-likeness (QED) is 0.443. The molecule has 1 aliphatic rings. The summed E-state index contributed by atoms with van der Waals surface area (Å²) in [6, 6.07) is 5.85. The summed E-state index contributed by atoms with van der Waals surface area (Å²) in [5.74, 6) is -3.59. The maximum absolute atomic E-state index is 13.9. The van der Waals surface area contributed by atoms with Crippen LogP contribution in [-0.4, -0.2) is 44.4 Å². The largest absolute Gasteiger partial charge is 0.477 e. The van der Waals surface area contributed by atoms with Crippen LogP contribution in [0.25, 0.3) is 11.3 Å². The van der Waals surface area contributed by atoms with Crippen LogP contribution in [0, 0.1) is 6.92 Å². The number of hydrogen-bond donors (Lipinski definition) is 2. The summed E-state index contributed by atoms with van der Waals surface area (Å²) in [5, 5.41) is 20.4. The number of aliphatic hydroxyl groups is 1. The number of aromatic nitrogens is 2. The summed E-state index contributed by atoms with van der Waals surface area (Å²) in [6.45, 7) is 1.46. The number of nitrogens with zero attached hydrogens (tertiary/aromatic N) is 3. The van der Waals surface area contributed by atoms with E-state index in [1.807, 2.05) is 0 Å². The van der Waals surface area contributed by atoms with E-state index in [4.69, 9.17) is 0 Å². The van der Waals surface area contributed by atoms with Crippen LogP contribution in [-0.2, 0) is 29.7 Å². The maximum Gasteiger partial charge on any atom is 0.430 e. The number of carbonyl (C=O) groups is 2. The molecule has 4 rings (SSSR count). The number of rotatable bonds is 5. The summed E-state index contributed by atoms with van der Waals surface area (Å²) < 4.78 is 83.1. The Labute approximate surface area is 226 Å². The third-order valence-electron chi connectivity index (χ3n) is 7.08. The SMILES string of the molecule is CCn1c(-c2ccc3c(c2)C(O)(C(F)(F)F)C(=O)N3C)c(C(=O)O)c(=O)n(Cc2cccc(C(F)(F)F)c2C)c1=O. The third-order valence-corrected chi connectivity index (χ3v) is 7.08. The van der Waals surface area contributed by atoms with Gasteiger partial charge in [0.05, 0.1) is 23.5 Å². The summed E-state index contributed by atoms with van der Waals surface area (Å²) >= 11 is 0. The molecule has 0 aliphatic carbocycles. The van der Waals surface area contributed by atoms with Crippen LogP contribution in [0.1, 0.15) is 39.5 Å². The lowest BCUT2D eigenvalue weighted by Crippen LogP contribution is -2.50. The summed E-state index contributed by atoms with van der Waals surface area (Å²) in [5.41, 5.74) is -11.3. The van der Waals surface area contributed by atoms with Gasteiger partial charge in [0.1, 0.15) is 5.56 Å². The zero-order chi connectivity index (χ0) is 30.8. The second kappa shape index (κ2) is 9.61. The van der Waals surface area contributed by atoms with E-state index in [0.717, 1.165) is 42.8 Å². The first-order valence-corrected chi connectivity index (χ1v) is 11.9. The van der Waals surface area contributed by atoms with Crippen molar-refractivity contribution < 1.29 is 46.1 Å². The van der Waals surface area contributed by atoms with Crippen molar-refractivity contribution in [3.05, 3.63) is 85.1 Å². The molecule has 2 N–H and O–H groups in total. The van der Waals surface area contributed by atoms with Gasteiger partial charge in [0.25, 0.3) is 17.1 Å². The Morgan fingerprint density at radius 2 is 1.63 bits per heavy atom. The van der Waals surface area contributed by atoms with E-state index in [1.165, 1.54) is 13.0 Å². The van der Waals surface area contributed by atoms with Gasteiger partial charge < -0.3 is 15.1 Å². The van der Waals surface area contributed by atoms with E-state index in [-0.39, 0.29) is 23.4 Å². The average Bonchev–Trinajstić information content (AvgIpc) is 3.07. The van der Waals surface area contributed by atoms with Gasteiger partial charge in [0, 0.05) is 19.2 Å². The molecular formula is C26H21F6N3O6. The molecule has 0 radical (unpaired) electrons. The fourth-order valence-electron chi connectivity index (χ4n) is 4.96. The first kappa shape index (κ1) is 29.6. The lowest BCUT2D eigenvalue weighted by Gasteiger charge is -2.25. The first-order chi connectivity index (χ1) is 18.9. The Bertz CT molecular complexity index is 1720. The summed E-state index contributed by atoms with van der Waals surface area (Å²) in [4.78, 5) is 52.1. The summed E-state index contributed by atoms with van der Waals surface area (Å²) in [6.07, 6.45) is -10.2. The number of carboxylic acid groups (broad SMARTS) is 1. The molecule has 1 aliphatic heterocycles. The van der Waals surface area contributed by atoms with Crippen LogP contribution < -0.4 is 16.1 Å². The van der Waals surface area contributed by atoms with E-state index in [1.54, 1.807) is 0 Å². The average molecular weight is 585 g/mol. The molecule has 218 valence electrons. The van der Waals surface area contributed by atoms with Crippen molar-refractivity contribution in [3.8, 4) is 11.3 Å². The Morgan fingerprint density at radius 1 is 1.00 bits per heavy atom. The predicted octanol–water partition coefficient (Wildman–Crippen LogP) is 3.50. The maximum atomic E-state index is 13.9. The minimum atomic E-state index is -5.48. The number of carbonyl (C=O) groups excluding carboxylic acids is 1. The van der Waals surface area contributed by atoms with Crippen LogP contribution in [0.3, 0.4) is 0 Å². The highest BCUT2D eigenvalue weighted by Gasteiger charge is 2.66. The van der Waals surface area contributed by atoms with Crippen LogP contribution in [0.15, 0.2) is 46.0 Å². The molecule has 0 bridgehead atoms. The van der Waals surface area contributed by atoms with Crippen molar-refractivity contribution in [1.29, 1.82) is 0 Å². The molecular weight excluding hydrogens is 564 g/mol. The van der Waals surface area contributed by atoms with Crippen molar-refractivity contribution in [3.63, 3.8) is 0 Å². The standard InChI is InChI=1S/C26H21F6N3O6/c1-4-34-19(13-8-9-17-16(10-13)24(41,26(30,31)32)22(39)33(17)3)18(21(37)38)20(36)35(23(34)40)11-14-6-5-7-15(12(14)2)25(27,28)29/h5-10,41H,4,11H2,1-3H3,(H,37,38). The lowest BCUT2D eigenvalue weighted by atomic mass is 9.92. The van der Waals surface area contributed by atoms with Gasteiger partial charge in [-0.1, -0.05) is 18.2 Å². The zero-order valence-corrected chi connectivity index (χ0v) is 21.5. The normalized spacial score (nSPS) is 17.2. The Balaban J connectivity index is 2.00. The van der Waals surface area contributed by atoms with Crippen molar-refractivity contribution >= 4 is 17.6 Å². The zero-order valence-electron chi connectivity index (χ0n) is 21.5. The topological polar surface area (TPSA) is 122 Å². The fourth-order valence-corrected chi connectivity index (χ4v) is 4.96. The minimum absolute atomic E-state index is 0.0971. The number of aromatic carboxylic acids is 1. The highest BCUT2D eigenvalue weighted by molar-refractivity contribution is 6.07. The number of anilines is 1. The number of hydrogen-bond acceptors (Lipinski definition) is 5. The van der Waals surface area contributed by atoms with Crippen LogP contribution >= 0.6 is 0 Å². The van der Waals surface area contributed by atoms with Crippen molar-refractivity contribution in [2.24, 2.45) is 0 Å². The monoisotopic (exact) mass is 585 g/mol. The van der Waals surface area contributed by atoms with E-state index in [2.05, 4.69) is 0 Å². The van der Waals surface area contributed by atoms with Gasteiger partial charge in [0.15, 0.2) is 0 Å². The van der Waals surface area contributed by atoms with E-state index in [9.17, 15) is 55.7 Å². The molecule has 41 heavy (non-hydrogen) atoms. The number of likely N-dealkylation sites (N-methyl/N-ethyl adjacent to an activating group) is 1. The molecule has 0 spiro atoms. The van der Waals surface area contributed by atoms with Gasteiger partial charge in [-0.2, -0.15) is 26.3 Å². The molecule has 2 aromatic carbocycles. The van der Waals surface area contributed by atoms with Gasteiger partial charge in [-0.25, -0.2) is 9.59 Å². The minimum Gasteiger partial charge on any atom is -0.477 e. The molecule has 0 fully saturated rings. The lowest BCUT2D eigenvalue weighted by molar-refractivity contribution is -0.253. The van der Waals surface area contributed by atoms with Crippen molar-refractivity contribution in [1.82, 2.24) is 9.13 Å². The number of alkyl halides is 6. The Morgan fingerprint density at radius 3 is 2.17 bits per heavy atom. The molecule has 1 amide bonds. The van der Waals surface area contributed by atoms with Gasteiger partial charge >= 0.3 is 24.0 Å². The van der Waals surface area contributed by atoms with Crippen LogP contribution in [0.4, 0.5) is 32.0 Å². The first-order valence-electron chi connectivity index (χ1n) is 11.9. The second-order valence-electron chi connectivity index (χ2n) is 9.34. The molecule has 1 atom stereocenters. The van der Waals surface area contributed by atoms with E-state index >= 15 is 0 Å². The molecule has 0 saturated carbocycles. The van der Waals surface area contributed by atoms with Gasteiger partial charge in [-0.05, 0) is 48.7 Å². The third kappa shape index (κ3) is 4.40. The van der Waals surface area contributed by atoms with Gasteiger partial charge in [-0.15, -0.1) is 0 Å². The van der Waals surface area contributed by atoms with Crippen molar-refractivity contribution in [2.75, 3.05) is 11.9 Å². The summed E-state index contributed by atoms with van der Waals surface area (Å²) in [7, 11) is 0.992. The molecule has 15 heteroatoms. The number of amides is 1. The number of halogens is 6. The predicted molar refractivity (Wildman–Crippen MR) is 132 cm³/mol. The van der Waals surface area contributed by atoms with E-state index < -0.39 is 75.6 Å². The van der Waals surface area contributed by atoms with Gasteiger partial charge in [0.2, 0.25) is 0 Å². The smallest absolute Gasteiger partial charge is 0.430 e. The number of carboxylic acids is 1. The molecule has 0 saturated heterocycles. The number of benzene rings is 2. The molecule has 2 heterocycles. The second-order valence-corrected chi connectivity index (χ2v) is 9.34. The van der Waals surface area contributed by atoms with Crippen LogP contribution in [0.5, 0.6) is 0 Å². The molecule has 1 unspecified atom stereocenters. The van der Waals surface area contributed by atoms with Gasteiger partial charge in [-0.3, -0.25) is 18.7 Å². The fraction of sp³-hybridized carbons (Fsp3) is 0.308. The molecule has 3 aromatic rings. The molecule has 9 nitrogen and oxygen atoms in total. The highest BCUT2D eigenvalue weighted by Crippen LogP contribution is 2.50.